The summed E-state index contributed by atoms with van der Waals surface area (Å²) in [7, 11) is 0. The predicted molar refractivity (Wildman–Crippen MR) is 78.4 cm³/mol. The molecule has 106 valence electrons. The fourth-order valence-corrected chi connectivity index (χ4v) is 1.61. The smallest absolute Gasteiger partial charge is 0.228 e. The molecule has 4 heteroatoms. The molecular formula is C15H24N2O2. The number of carbonyl (C=O) groups is 1. The van der Waals surface area contributed by atoms with E-state index in [0.29, 0.717) is 0 Å². The van der Waals surface area contributed by atoms with Crippen molar-refractivity contribution < 1.29 is 9.53 Å². The number of ether oxygens (including phenoxy) is 1. The highest BCUT2D eigenvalue weighted by Gasteiger charge is 2.17. The molecule has 0 bridgehead atoms. The molecule has 3 N–H and O–H groups in total. The molecule has 0 saturated carbocycles. The van der Waals surface area contributed by atoms with Gasteiger partial charge in [0.25, 0.3) is 0 Å². The van der Waals surface area contributed by atoms with Gasteiger partial charge in [-0.3, -0.25) is 4.79 Å². The molecule has 0 saturated heterocycles. The quantitative estimate of drug-likeness (QED) is 0.859. The third-order valence-electron chi connectivity index (χ3n) is 3.03. The molecular weight excluding hydrogens is 240 g/mol. The van der Waals surface area contributed by atoms with Crippen LogP contribution in [0, 0.1) is 12.8 Å². The lowest BCUT2D eigenvalue weighted by molar-refractivity contribution is -0.119. The van der Waals surface area contributed by atoms with Gasteiger partial charge in [-0.05, 0) is 51.5 Å². The number of nitrogens with two attached hydrogens (primary N) is 1. The van der Waals surface area contributed by atoms with Crippen LogP contribution in [0.4, 0.5) is 5.69 Å². The first kappa shape index (κ1) is 15.5. The Morgan fingerprint density at radius 3 is 2.37 bits per heavy atom. The summed E-state index contributed by atoms with van der Waals surface area (Å²) in [6.45, 7) is 9.56. The fourth-order valence-electron chi connectivity index (χ4n) is 1.61. The topological polar surface area (TPSA) is 64.3 Å². The lowest BCUT2D eigenvalue weighted by atomic mass is 10.0. The minimum absolute atomic E-state index is 0.0596. The lowest BCUT2D eigenvalue weighted by Crippen LogP contribution is -2.34. The largest absolute Gasteiger partial charge is 0.491 e. The summed E-state index contributed by atoms with van der Waals surface area (Å²) in [4.78, 5) is 11.9. The standard InChI is InChI=1S/C15H24N2O2/c1-9(2)19-13-6-7-14(10(3)8-13)17-15(18)11(4)12(5)16/h6-9,11-12H,16H2,1-5H3,(H,17,18). The van der Waals surface area contributed by atoms with Crippen LogP contribution in [0.15, 0.2) is 18.2 Å². The van der Waals surface area contributed by atoms with Crippen molar-refractivity contribution in [3.05, 3.63) is 23.8 Å². The Kier molecular flexibility index (Phi) is 5.36. The van der Waals surface area contributed by atoms with Gasteiger partial charge in [-0.25, -0.2) is 0 Å². The molecule has 0 aliphatic carbocycles. The van der Waals surface area contributed by atoms with E-state index in [1.54, 1.807) is 0 Å². The van der Waals surface area contributed by atoms with Crippen molar-refractivity contribution in [2.75, 3.05) is 5.32 Å². The maximum Gasteiger partial charge on any atom is 0.228 e. The number of hydrogen-bond donors (Lipinski definition) is 2. The summed E-state index contributed by atoms with van der Waals surface area (Å²) in [6.07, 6.45) is 0.137. The first-order valence-electron chi connectivity index (χ1n) is 6.65. The van der Waals surface area contributed by atoms with Crippen LogP contribution in [0.2, 0.25) is 0 Å². The van der Waals surface area contributed by atoms with Gasteiger partial charge in [0.15, 0.2) is 0 Å². The van der Waals surface area contributed by atoms with Crippen molar-refractivity contribution >= 4 is 11.6 Å². The average molecular weight is 264 g/mol. The van der Waals surface area contributed by atoms with E-state index in [1.807, 2.05) is 52.8 Å². The summed E-state index contributed by atoms with van der Waals surface area (Å²) >= 11 is 0. The molecule has 0 aromatic heterocycles. The van der Waals surface area contributed by atoms with Gasteiger partial charge < -0.3 is 15.8 Å². The highest BCUT2D eigenvalue weighted by Crippen LogP contribution is 2.22. The summed E-state index contributed by atoms with van der Waals surface area (Å²) in [5, 5.41) is 2.90. The molecule has 1 amide bonds. The van der Waals surface area contributed by atoms with E-state index in [2.05, 4.69) is 5.32 Å². The second-order valence-corrected chi connectivity index (χ2v) is 5.28. The zero-order valence-corrected chi connectivity index (χ0v) is 12.4. The van der Waals surface area contributed by atoms with E-state index in [0.717, 1.165) is 17.0 Å². The molecule has 1 rings (SSSR count). The van der Waals surface area contributed by atoms with E-state index in [1.165, 1.54) is 0 Å². The van der Waals surface area contributed by atoms with Gasteiger partial charge in [0.2, 0.25) is 5.91 Å². The van der Waals surface area contributed by atoms with Crippen molar-refractivity contribution in [1.82, 2.24) is 0 Å². The molecule has 1 aromatic rings. The Labute approximate surface area is 115 Å². The Morgan fingerprint density at radius 1 is 1.26 bits per heavy atom. The normalized spacial score (nSPS) is 14.1. The van der Waals surface area contributed by atoms with Crippen LogP contribution in [0.1, 0.15) is 33.3 Å². The van der Waals surface area contributed by atoms with Crippen LogP contribution in [-0.4, -0.2) is 18.1 Å². The van der Waals surface area contributed by atoms with Gasteiger partial charge in [0.1, 0.15) is 5.75 Å². The number of benzene rings is 1. The summed E-state index contributed by atoms with van der Waals surface area (Å²) in [6, 6.07) is 5.48. The Hall–Kier alpha value is -1.55. The van der Waals surface area contributed by atoms with Crippen molar-refractivity contribution in [1.29, 1.82) is 0 Å². The molecule has 4 nitrogen and oxygen atoms in total. The molecule has 19 heavy (non-hydrogen) atoms. The molecule has 2 unspecified atom stereocenters. The Balaban J connectivity index is 2.77. The van der Waals surface area contributed by atoms with Crippen molar-refractivity contribution in [3.63, 3.8) is 0 Å². The van der Waals surface area contributed by atoms with E-state index in [4.69, 9.17) is 10.5 Å². The van der Waals surface area contributed by atoms with Crippen molar-refractivity contribution in [3.8, 4) is 5.75 Å². The van der Waals surface area contributed by atoms with Crippen LogP contribution >= 0.6 is 0 Å². The van der Waals surface area contributed by atoms with Crippen LogP contribution in [-0.2, 0) is 4.79 Å². The first-order valence-corrected chi connectivity index (χ1v) is 6.65. The van der Waals surface area contributed by atoms with Gasteiger partial charge in [0.05, 0.1) is 12.0 Å². The van der Waals surface area contributed by atoms with Crippen LogP contribution in [0.25, 0.3) is 0 Å². The van der Waals surface area contributed by atoms with E-state index in [9.17, 15) is 4.79 Å². The zero-order valence-electron chi connectivity index (χ0n) is 12.4. The SMILES string of the molecule is Cc1cc(OC(C)C)ccc1NC(=O)C(C)C(C)N. The summed E-state index contributed by atoms with van der Waals surface area (Å²) in [5.74, 6) is 0.535. The average Bonchev–Trinajstić information content (AvgIpc) is 2.30. The predicted octanol–water partition coefficient (Wildman–Crippen LogP) is 2.70. The van der Waals surface area contributed by atoms with Gasteiger partial charge in [-0.2, -0.15) is 0 Å². The molecule has 0 fully saturated rings. The van der Waals surface area contributed by atoms with Crippen molar-refractivity contribution in [2.45, 2.75) is 46.8 Å². The minimum atomic E-state index is -0.217. The number of carbonyl (C=O) groups excluding carboxylic acids is 1. The molecule has 1 aromatic carbocycles. The van der Waals surface area contributed by atoms with Gasteiger partial charge in [-0.1, -0.05) is 6.92 Å². The zero-order chi connectivity index (χ0) is 14.6. The fraction of sp³-hybridized carbons (Fsp3) is 0.533. The second kappa shape index (κ2) is 6.57. The maximum absolute atomic E-state index is 11.9. The Morgan fingerprint density at radius 2 is 1.89 bits per heavy atom. The van der Waals surface area contributed by atoms with E-state index in [-0.39, 0.29) is 24.0 Å². The molecule has 0 aliphatic heterocycles. The highest BCUT2D eigenvalue weighted by atomic mass is 16.5. The van der Waals surface area contributed by atoms with Crippen LogP contribution in [0.5, 0.6) is 5.75 Å². The minimum Gasteiger partial charge on any atom is -0.491 e. The summed E-state index contributed by atoms with van der Waals surface area (Å²) < 4.78 is 5.61. The second-order valence-electron chi connectivity index (χ2n) is 5.28. The van der Waals surface area contributed by atoms with Gasteiger partial charge >= 0.3 is 0 Å². The number of rotatable bonds is 5. The van der Waals surface area contributed by atoms with Gasteiger partial charge in [0, 0.05) is 11.7 Å². The Bertz CT molecular complexity index is 442. The number of aryl methyl sites for hydroxylation is 1. The molecule has 0 radical (unpaired) electrons. The number of anilines is 1. The van der Waals surface area contributed by atoms with E-state index >= 15 is 0 Å². The van der Waals surface area contributed by atoms with Crippen LogP contribution in [0.3, 0.4) is 0 Å². The van der Waals surface area contributed by atoms with Crippen LogP contribution < -0.4 is 15.8 Å². The monoisotopic (exact) mass is 264 g/mol. The molecule has 0 aliphatic rings. The maximum atomic E-state index is 11.9. The lowest BCUT2D eigenvalue weighted by Gasteiger charge is -2.17. The number of hydrogen-bond acceptors (Lipinski definition) is 3. The number of nitrogens with one attached hydrogen (secondary N) is 1. The summed E-state index contributed by atoms with van der Waals surface area (Å²) in [5.41, 5.74) is 7.50. The van der Waals surface area contributed by atoms with Gasteiger partial charge in [-0.15, -0.1) is 0 Å². The first-order chi connectivity index (χ1) is 8.81. The molecule has 2 atom stereocenters. The third-order valence-corrected chi connectivity index (χ3v) is 3.03. The van der Waals surface area contributed by atoms with Crippen molar-refractivity contribution in [2.24, 2.45) is 11.7 Å². The molecule has 0 spiro atoms. The van der Waals surface area contributed by atoms with E-state index < -0.39 is 0 Å². The number of amides is 1. The highest BCUT2D eigenvalue weighted by molar-refractivity contribution is 5.93. The third kappa shape index (κ3) is 4.56. The molecule has 0 heterocycles.